The number of benzene rings is 2. The van der Waals surface area contributed by atoms with Gasteiger partial charge in [0.05, 0.1) is 21.3 Å². The first-order chi connectivity index (χ1) is 15.3. The van der Waals surface area contributed by atoms with E-state index in [9.17, 15) is 4.79 Å². The van der Waals surface area contributed by atoms with Crippen LogP contribution in [0.2, 0.25) is 0 Å². The van der Waals surface area contributed by atoms with E-state index in [0.717, 1.165) is 16.7 Å². The number of amides is 1. The van der Waals surface area contributed by atoms with Crippen molar-refractivity contribution >= 4 is 17.2 Å². The predicted molar refractivity (Wildman–Crippen MR) is 126 cm³/mol. The minimum Gasteiger partial charge on any atom is -0.496 e. The van der Waals surface area contributed by atoms with Crippen molar-refractivity contribution in [3.8, 4) is 17.2 Å². The number of ether oxygens (including phenoxy) is 3. The number of rotatable bonds is 8. The zero-order valence-corrected chi connectivity index (χ0v) is 19.4. The molecule has 32 heavy (non-hydrogen) atoms. The quantitative estimate of drug-likeness (QED) is 0.484. The number of carbonyl (C=O) groups is 1. The highest BCUT2D eigenvalue weighted by atomic mass is 16.5. The Balaban J connectivity index is 1.83. The van der Waals surface area contributed by atoms with E-state index < -0.39 is 5.91 Å². The zero-order valence-electron chi connectivity index (χ0n) is 19.4. The summed E-state index contributed by atoms with van der Waals surface area (Å²) in [7, 11) is 4.57. The van der Waals surface area contributed by atoms with Gasteiger partial charge in [0, 0.05) is 18.6 Å². The van der Waals surface area contributed by atoms with Gasteiger partial charge in [-0.3, -0.25) is 4.79 Å². The van der Waals surface area contributed by atoms with E-state index in [-0.39, 0.29) is 5.76 Å². The molecule has 0 aliphatic rings. The third-order valence-corrected chi connectivity index (χ3v) is 5.35. The average Bonchev–Trinajstić information content (AvgIpc) is 3.24. The summed E-state index contributed by atoms with van der Waals surface area (Å²) in [5.41, 5.74) is 6.05. The molecule has 1 aromatic heterocycles. The Hall–Kier alpha value is -3.67. The van der Waals surface area contributed by atoms with E-state index >= 15 is 0 Å². The van der Waals surface area contributed by atoms with E-state index in [2.05, 4.69) is 37.9 Å². The largest absolute Gasteiger partial charge is 0.496 e. The molecular weight excluding hydrogens is 406 g/mol. The second-order valence-electron chi connectivity index (χ2n) is 7.68. The van der Waals surface area contributed by atoms with Crippen molar-refractivity contribution < 1.29 is 23.4 Å². The maximum Gasteiger partial charge on any atom is 0.291 e. The molecule has 3 aromatic rings. The van der Waals surface area contributed by atoms with Crippen LogP contribution in [0.5, 0.6) is 17.2 Å². The lowest BCUT2D eigenvalue weighted by atomic mass is 9.94. The molecule has 1 N–H and O–H groups in total. The van der Waals surface area contributed by atoms with E-state index in [4.69, 9.17) is 18.6 Å². The smallest absolute Gasteiger partial charge is 0.291 e. The first kappa shape index (κ1) is 23.0. The lowest BCUT2D eigenvalue weighted by Crippen LogP contribution is -2.13. The van der Waals surface area contributed by atoms with Crippen molar-refractivity contribution in [3.63, 3.8) is 0 Å². The second-order valence-corrected chi connectivity index (χ2v) is 7.68. The van der Waals surface area contributed by atoms with Gasteiger partial charge in [0.2, 0.25) is 0 Å². The van der Waals surface area contributed by atoms with Gasteiger partial charge < -0.3 is 23.9 Å². The van der Waals surface area contributed by atoms with Crippen LogP contribution in [0.4, 0.5) is 5.69 Å². The highest BCUT2D eigenvalue weighted by Gasteiger charge is 2.19. The van der Waals surface area contributed by atoms with Crippen LogP contribution < -0.4 is 19.5 Å². The topological polar surface area (TPSA) is 69.9 Å². The number of furan rings is 1. The highest BCUT2D eigenvalue weighted by molar-refractivity contribution is 6.04. The molecule has 6 heteroatoms. The number of hydrogen-bond acceptors (Lipinski definition) is 5. The average molecular weight is 436 g/mol. The molecule has 0 bridgehead atoms. The van der Waals surface area contributed by atoms with Crippen LogP contribution in [0.3, 0.4) is 0 Å². The van der Waals surface area contributed by atoms with Gasteiger partial charge in [-0.2, -0.15) is 0 Å². The minimum atomic E-state index is -0.402. The minimum absolute atomic E-state index is 0.199. The van der Waals surface area contributed by atoms with Crippen LogP contribution in [0.15, 0.2) is 47.4 Å². The molecule has 0 fully saturated rings. The first-order valence-electron chi connectivity index (χ1n) is 10.2. The molecule has 1 amide bonds. The molecule has 0 aliphatic carbocycles. The third kappa shape index (κ3) is 4.80. The van der Waals surface area contributed by atoms with Gasteiger partial charge in [-0.1, -0.05) is 24.3 Å². The Morgan fingerprint density at radius 1 is 0.969 bits per heavy atom. The lowest BCUT2D eigenvalue weighted by molar-refractivity contribution is 0.0994. The summed E-state index contributed by atoms with van der Waals surface area (Å²) in [6, 6.07) is 11.1. The van der Waals surface area contributed by atoms with Gasteiger partial charge in [-0.05, 0) is 55.2 Å². The number of allylic oxidation sites excluding steroid dienone is 1. The number of carbonyl (C=O) groups excluding carboxylic acids is 1. The molecule has 0 radical (unpaired) electrons. The molecule has 6 nitrogen and oxygen atoms in total. The maximum atomic E-state index is 12.9. The molecule has 1 heterocycles. The number of methoxy groups -OCH3 is 3. The molecule has 0 saturated carbocycles. The summed E-state index contributed by atoms with van der Waals surface area (Å²) in [4.78, 5) is 12.9. The highest BCUT2D eigenvalue weighted by Crippen LogP contribution is 2.39. The molecule has 0 unspecified atom stereocenters. The second kappa shape index (κ2) is 9.64. The molecule has 0 aliphatic heterocycles. The number of anilines is 1. The summed E-state index contributed by atoms with van der Waals surface area (Å²) in [5, 5.41) is 2.82. The van der Waals surface area contributed by atoms with Crippen molar-refractivity contribution in [2.24, 2.45) is 0 Å². The Morgan fingerprint density at radius 2 is 1.62 bits per heavy atom. The zero-order chi connectivity index (χ0) is 23.4. The van der Waals surface area contributed by atoms with Crippen molar-refractivity contribution in [2.45, 2.75) is 27.2 Å². The van der Waals surface area contributed by atoms with Gasteiger partial charge in [0.1, 0.15) is 28.7 Å². The summed E-state index contributed by atoms with van der Waals surface area (Å²) in [6.45, 7) is 10.2. The fourth-order valence-electron chi connectivity index (χ4n) is 3.63. The molecule has 0 spiro atoms. The molecular formula is C26H29NO5. The van der Waals surface area contributed by atoms with Crippen LogP contribution in [0.1, 0.15) is 45.5 Å². The number of nitrogens with one attached hydrogen (secondary N) is 1. The van der Waals surface area contributed by atoms with Crippen LogP contribution in [-0.2, 0) is 6.42 Å². The van der Waals surface area contributed by atoms with Gasteiger partial charge >= 0.3 is 0 Å². The predicted octanol–water partition coefficient (Wildman–Crippen LogP) is 5.80. The number of aryl methyl sites for hydroxylation is 2. The van der Waals surface area contributed by atoms with Crippen molar-refractivity contribution in [2.75, 3.05) is 26.6 Å². The van der Waals surface area contributed by atoms with Gasteiger partial charge in [-0.25, -0.2) is 0 Å². The molecule has 2 aromatic carbocycles. The fourth-order valence-corrected chi connectivity index (χ4v) is 3.63. The van der Waals surface area contributed by atoms with Crippen LogP contribution in [-0.4, -0.2) is 27.2 Å². The summed E-state index contributed by atoms with van der Waals surface area (Å²) in [6.07, 6.45) is 0.578. The van der Waals surface area contributed by atoms with E-state index in [1.54, 1.807) is 25.3 Å². The van der Waals surface area contributed by atoms with E-state index in [1.807, 2.05) is 13.0 Å². The Morgan fingerprint density at radius 3 is 2.19 bits per heavy atom. The summed E-state index contributed by atoms with van der Waals surface area (Å²) < 4.78 is 21.9. The SMILES string of the molecule is C=C(C)c1cc(Cc2ccc(C(=O)Nc3c(OC)cc(OC)cc3OC)o2)c(C)cc1C. The van der Waals surface area contributed by atoms with Gasteiger partial charge in [0.15, 0.2) is 5.76 Å². The Kier molecular flexibility index (Phi) is 6.93. The Bertz CT molecular complexity index is 1130. The maximum absolute atomic E-state index is 12.9. The van der Waals surface area contributed by atoms with Crippen LogP contribution in [0.25, 0.3) is 5.57 Å². The van der Waals surface area contributed by atoms with E-state index in [0.29, 0.717) is 35.1 Å². The molecule has 0 saturated heterocycles. The summed E-state index contributed by atoms with van der Waals surface area (Å²) in [5.74, 6) is 1.89. The van der Waals surface area contributed by atoms with Crippen molar-refractivity contribution in [3.05, 3.63) is 76.8 Å². The van der Waals surface area contributed by atoms with Crippen LogP contribution >= 0.6 is 0 Å². The monoisotopic (exact) mass is 435 g/mol. The third-order valence-electron chi connectivity index (χ3n) is 5.35. The lowest BCUT2D eigenvalue weighted by Gasteiger charge is -2.15. The van der Waals surface area contributed by atoms with Crippen molar-refractivity contribution in [1.29, 1.82) is 0 Å². The Labute approximate surface area is 188 Å². The first-order valence-corrected chi connectivity index (χ1v) is 10.2. The van der Waals surface area contributed by atoms with E-state index in [1.165, 1.54) is 25.3 Å². The van der Waals surface area contributed by atoms with Gasteiger partial charge in [-0.15, -0.1) is 0 Å². The molecule has 168 valence electrons. The fraction of sp³-hybridized carbons (Fsp3) is 0.269. The molecule has 0 atom stereocenters. The number of hydrogen-bond donors (Lipinski definition) is 1. The normalized spacial score (nSPS) is 10.6. The van der Waals surface area contributed by atoms with Gasteiger partial charge in [0.25, 0.3) is 5.91 Å². The summed E-state index contributed by atoms with van der Waals surface area (Å²) >= 11 is 0. The van der Waals surface area contributed by atoms with Crippen LogP contribution in [0, 0.1) is 13.8 Å². The van der Waals surface area contributed by atoms with Crippen molar-refractivity contribution in [1.82, 2.24) is 0 Å². The molecule has 3 rings (SSSR count). The standard InChI is InChI=1S/C26H29NO5/c1-15(2)21-12-18(16(3)10-17(21)4)11-19-8-9-22(32-19)26(28)27-25-23(30-6)13-20(29-5)14-24(25)31-7/h8-10,12-14H,1,11H2,2-7H3,(H,27,28).